The number of Topliss-reactive ketones (excluding diaryl/α,β-unsaturated/α-hetero) is 1. The maximum atomic E-state index is 15.4. The lowest BCUT2D eigenvalue weighted by atomic mass is 9.47. The quantitative estimate of drug-likeness (QED) is 0.108. The third-order valence-corrected chi connectivity index (χ3v) is 16.0. The lowest BCUT2D eigenvalue weighted by molar-refractivity contribution is -0.241. The van der Waals surface area contributed by atoms with Crippen molar-refractivity contribution in [3.63, 3.8) is 0 Å². The van der Waals surface area contributed by atoms with E-state index in [-0.39, 0.29) is 37.8 Å². The van der Waals surface area contributed by atoms with Gasteiger partial charge in [-0.05, 0) is 80.5 Å². The number of aliphatic carboxylic acids is 1. The highest BCUT2D eigenvalue weighted by atomic mass is 19.3. The van der Waals surface area contributed by atoms with E-state index in [4.69, 9.17) is 14.2 Å². The van der Waals surface area contributed by atoms with E-state index >= 15 is 13.6 Å². The van der Waals surface area contributed by atoms with E-state index in [0.717, 1.165) is 12.5 Å². The minimum absolute atomic E-state index is 0.0667. The second kappa shape index (κ2) is 14.4. The van der Waals surface area contributed by atoms with Gasteiger partial charge in [0.2, 0.25) is 17.3 Å². The Kier molecular flexibility index (Phi) is 9.86. The molecule has 4 unspecified atom stereocenters. The van der Waals surface area contributed by atoms with Crippen molar-refractivity contribution in [2.24, 2.45) is 28.6 Å². The van der Waals surface area contributed by atoms with Gasteiger partial charge in [-0.1, -0.05) is 25.2 Å². The molecule has 1 aromatic carbocycles. The molecule has 4 fully saturated rings. The number of carboxylic acids is 1. The van der Waals surface area contributed by atoms with Gasteiger partial charge in [0.1, 0.15) is 5.41 Å². The van der Waals surface area contributed by atoms with Crippen molar-refractivity contribution in [3.05, 3.63) is 70.6 Å². The summed E-state index contributed by atoms with van der Waals surface area (Å²) in [7, 11) is 4.53. The number of nitrogens with one attached hydrogen (secondary N) is 1. The molecule has 1 spiro atoms. The van der Waals surface area contributed by atoms with Gasteiger partial charge in [-0.15, -0.1) is 0 Å². The zero-order valence-electron chi connectivity index (χ0n) is 35.8. The molecule has 14 nitrogen and oxygen atoms in total. The smallest absolute Gasteiger partial charge is 0.341 e. The lowest BCUT2D eigenvalue weighted by Gasteiger charge is -2.63. The Labute approximate surface area is 357 Å². The molecule has 1 aromatic heterocycles. The highest BCUT2D eigenvalue weighted by molar-refractivity contribution is 6.33. The second-order valence-corrected chi connectivity index (χ2v) is 18.9. The number of carbonyl (C=O) groups excluding carboxylic acids is 4. The number of aromatic nitrogens is 1. The number of esters is 2. The van der Waals surface area contributed by atoms with Gasteiger partial charge in [0.25, 0.3) is 0 Å². The Morgan fingerprint density at radius 1 is 1.11 bits per heavy atom. The Bertz CT molecular complexity index is 2370. The zero-order chi connectivity index (χ0) is 44.5. The number of likely N-dealkylation sites (tertiary alicyclic amines) is 1. The number of piperidine rings is 1. The number of rotatable bonds is 9. The van der Waals surface area contributed by atoms with Gasteiger partial charge < -0.3 is 34.3 Å². The predicted octanol–water partition coefficient (Wildman–Crippen LogP) is 4.01. The van der Waals surface area contributed by atoms with Crippen LogP contribution in [0.1, 0.15) is 68.1 Å². The van der Waals surface area contributed by atoms with Crippen LogP contribution in [0, 0.1) is 28.6 Å². The van der Waals surface area contributed by atoms with Crippen LogP contribution in [-0.4, -0.2) is 143 Å². The van der Waals surface area contributed by atoms with Crippen molar-refractivity contribution >= 4 is 40.9 Å². The van der Waals surface area contributed by atoms with Gasteiger partial charge >= 0.3 is 17.9 Å². The van der Waals surface area contributed by atoms with Gasteiger partial charge in [-0.25, -0.2) is 13.6 Å². The predicted molar refractivity (Wildman–Crippen MR) is 219 cm³/mol. The number of ketones is 1. The molecule has 0 radical (unpaired) electrons. The summed E-state index contributed by atoms with van der Waals surface area (Å²) in [6.07, 6.45) is 6.57. The average molecular weight is 861 g/mol. The standard InChI is InChI=1S/C46H54F2N4O10/c1-7-43-11-8-13-52-14-12-44(37(43)52)30-17-31(35(60-5)18-33(30)50(4)38(44)46(59,40(56)57)39(43)62-24(2)54)45(41(58)61-6)19-25-15-27(42(3,47)48)21-51(20-25)22-29-28-16-26(34(55)23-53)9-10-32(28)49-36(29)45/h8-11,16-18,23,25,27,31,35,37-39,49,59H,7,12-15,19-22H2,1-6H3,(H,56,57)/t25-,27?,31?,35?,37+,38-,39-,43-,44-,45+,46+/m1/s1. The maximum absolute atomic E-state index is 15.4. The molecule has 332 valence electrons. The van der Waals surface area contributed by atoms with E-state index in [1.54, 1.807) is 24.1 Å². The summed E-state index contributed by atoms with van der Waals surface area (Å²) < 4.78 is 49.0. The molecule has 12 atom stereocenters. The number of H-pyrrole nitrogens is 1. The summed E-state index contributed by atoms with van der Waals surface area (Å²) in [6, 6.07) is 3.20. The van der Waals surface area contributed by atoms with E-state index < -0.39 is 93.5 Å². The highest BCUT2D eigenvalue weighted by Crippen LogP contribution is 2.70. The van der Waals surface area contributed by atoms with Crippen LogP contribution < -0.4 is 0 Å². The van der Waals surface area contributed by atoms with Crippen LogP contribution in [0.25, 0.3) is 10.9 Å². The van der Waals surface area contributed by atoms with Crippen LogP contribution in [0.15, 0.2) is 53.8 Å². The van der Waals surface area contributed by atoms with Crippen LogP contribution in [0.4, 0.5) is 8.78 Å². The summed E-state index contributed by atoms with van der Waals surface area (Å²) in [5.74, 6) is -8.98. The highest BCUT2D eigenvalue weighted by Gasteiger charge is 2.81. The molecule has 2 aromatic rings. The maximum Gasteiger partial charge on any atom is 0.341 e. The number of hydrogen-bond donors (Lipinski definition) is 3. The van der Waals surface area contributed by atoms with Crippen LogP contribution in [0.5, 0.6) is 0 Å². The number of fused-ring (bicyclic) bond motifs is 6. The van der Waals surface area contributed by atoms with Gasteiger partial charge in [0, 0.05) is 104 Å². The fourth-order valence-corrected chi connectivity index (χ4v) is 13.8. The molecule has 6 heterocycles. The normalized spacial score (nSPS) is 38.4. The summed E-state index contributed by atoms with van der Waals surface area (Å²) >= 11 is 0. The zero-order valence-corrected chi connectivity index (χ0v) is 35.8. The third kappa shape index (κ3) is 5.54. The number of carbonyl (C=O) groups is 5. The Balaban J connectivity index is 1.33. The van der Waals surface area contributed by atoms with Crippen LogP contribution in [0.3, 0.4) is 0 Å². The first-order valence-electron chi connectivity index (χ1n) is 21.4. The average Bonchev–Trinajstić information content (AvgIpc) is 3.89. The van der Waals surface area contributed by atoms with Crippen LogP contribution in [-0.2, 0) is 45.3 Å². The van der Waals surface area contributed by atoms with Gasteiger partial charge in [0.15, 0.2) is 12.4 Å². The van der Waals surface area contributed by atoms with Crippen molar-refractivity contribution in [2.45, 2.75) is 94.2 Å². The van der Waals surface area contributed by atoms with E-state index in [2.05, 4.69) is 9.88 Å². The molecule has 3 saturated heterocycles. The molecule has 3 N–H and O–H groups in total. The molecular weight excluding hydrogens is 807 g/mol. The SMILES string of the molecule is CC[C@]12C=CCN3CC[C@@]4(C5=CC([C@@]6(C(=O)OC)C[C@H]7CC(C(C)(F)F)CN(Cc8c6[nH]c6ccc(C(=O)C=O)cc86)C7)C(OC)C=C5N(C)[C@H]4[C@@](O)(C(=O)O)[C@@H]1OC(C)=O)[C@@H]32. The molecule has 1 saturated carbocycles. The van der Waals surface area contributed by atoms with Crippen molar-refractivity contribution in [1.82, 2.24) is 19.7 Å². The molecule has 7 aliphatic rings. The number of ether oxygens (including phenoxy) is 3. The van der Waals surface area contributed by atoms with E-state index in [1.165, 1.54) is 27.2 Å². The van der Waals surface area contributed by atoms with Crippen molar-refractivity contribution in [1.29, 1.82) is 0 Å². The fraction of sp³-hybridized carbons (Fsp3) is 0.587. The van der Waals surface area contributed by atoms with E-state index in [1.807, 2.05) is 36.1 Å². The topological polar surface area (TPSA) is 179 Å². The number of methoxy groups -OCH3 is 2. The number of benzene rings is 1. The molecule has 2 bridgehead atoms. The van der Waals surface area contributed by atoms with Gasteiger partial charge in [-0.2, -0.15) is 0 Å². The second-order valence-electron chi connectivity index (χ2n) is 18.9. The number of carboxylic acid groups (broad SMARTS) is 1. The summed E-state index contributed by atoms with van der Waals surface area (Å²) in [4.78, 5) is 76.0. The number of nitrogens with zero attached hydrogens (tertiary/aromatic N) is 3. The monoisotopic (exact) mass is 860 g/mol. The van der Waals surface area contributed by atoms with Crippen molar-refractivity contribution in [3.8, 4) is 0 Å². The van der Waals surface area contributed by atoms with Crippen LogP contribution >= 0.6 is 0 Å². The molecule has 16 heteroatoms. The summed E-state index contributed by atoms with van der Waals surface area (Å²) in [5, 5.41) is 24.8. The molecule has 5 aliphatic heterocycles. The Morgan fingerprint density at radius 2 is 1.87 bits per heavy atom. The van der Waals surface area contributed by atoms with Gasteiger partial charge in [0.05, 0.1) is 19.3 Å². The summed E-state index contributed by atoms with van der Waals surface area (Å²) in [5.41, 5.74) is -3.38. The van der Waals surface area contributed by atoms with Crippen molar-refractivity contribution in [2.75, 3.05) is 47.4 Å². The minimum atomic E-state index is -3.03. The number of alkyl halides is 2. The first-order chi connectivity index (χ1) is 29.4. The first-order valence-corrected chi connectivity index (χ1v) is 21.4. The van der Waals surface area contributed by atoms with Crippen molar-refractivity contribution < 1.29 is 57.2 Å². The number of allylic oxidation sites excluding steroid dienone is 1. The molecular formula is C46H54F2N4O10. The van der Waals surface area contributed by atoms with Gasteiger partial charge in [-0.3, -0.25) is 29.0 Å². The largest absolute Gasteiger partial charge is 0.479 e. The summed E-state index contributed by atoms with van der Waals surface area (Å²) in [6.45, 7) is 5.76. The Morgan fingerprint density at radius 3 is 2.52 bits per heavy atom. The minimum Gasteiger partial charge on any atom is -0.479 e. The number of aromatic amines is 1. The number of likely N-dealkylation sites (N-methyl/N-ethyl adjacent to an activating group) is 1. The van der Waals surface area contributed by atoms with E-state index in [9.17, 15) is 29.4 Å². The molecule has 9 rings (SSSR count). The number of halogens is 2. The molecule has 0 amide bonds. The first kappa shape index (κ1) is 42.5. The fourth-order valence-electron chi connectivity index (χ4n) is 13.8. The lowest BCUT2D eigenvalue weighted by Crippen LogP contribution is -2.79. The van der Waals surface area contributed by atoms with E-state index in [0.29, 0.717) is 60.3 Å². The Hall–Kier alpha value is -4.77. The van der Waals surface area contributed by atoms with Crippen LogP contribution in [0.2, 0.25) is 0 Å². The third-order valence-electron chi connectivity index (χ3n) is 16.0. The number of aldehydes is 1. The number of aliphatic hydroxyl groups is 1. The molecule has 2 aliphatic carbocycles. The number of hydrogen-bond acceptors (Lipinski definition) is 12. The molecule has 62 heavy (non-hydrogen) atoms.